The molecule has 4 nitrogen and oxygen atoms in total. The van der Waals surface area contributed by atoms with Gasteiger partial charge in [0.25, 0.3) is 5.91 Å². The zero-order valence-corrected chi connectivity index (χ0v) is 11.5. The molecule has 0 aromatic heterocycles. The molecule has 2 N–H and O–H groups in total. The third-order valence-corrected chi connectivity index (χ3v) is 3.99. The first kappa shape index (κ1) is 14.8. The van der Waals surface area contributed by atoms with Gasteiger partial charge in [-0.15, -0.1) is 0 Å². The molecule has 6 heteroatoms. The molecule has 1 amide bonds. The van der Waals surface area contributed by atoms with E-state index in [-0.39, 0.29) is 23.0 Å². The average molecular weight is 300 g/mol. The number of rotatable bonds is 4. The lowest BCUT2D eigenvalue weighted by Crippen LogP contribution is -2.33. The van der Waals surface area contributed by atoms with Crippen LogP contribution in [-0.2, 0) is 4.79 Å². The second-order valence-corrected chi connectivity index (χ2v) is 5.35. The van der Waals surface area contributed by atoms with E-state index in [1.54, 1.807) is 0 Å². The molecule has 2 atom stereocenters. The molecule has 108 valence electrons. The Morgan fingerprint density at radius 2 is 2.15 bits per heavy atom. The highest BCUT2D eigenvalue weighted by atomic mass is 35.5. The summed E-state index contributed by atoms with van der Waals surface area (Å²) in [5.41, 5.74) is -0.123. The summed E-state index contributed by atoms with van der Waals surface area (Å²) in [5, 5.41) is 11.5. The van der Waals surface area contributed by atoms with Crippen molar-refractivity contribution in [3.63, 3.8) is 0 Å². The van der Waals surface area contributed by atoms with Gasteiger partial charge in [-0.1, -0.05) is 24.1 Å². The monoisotopic (exact) mass is 299 g/mol. The predicted molar refractivity (Wildman–Crippen MR) is 72.2 cm³/mol. The van der Waals surface area contributed by atoms with E-state index in [9.17, 15) is 14.0 Å². The van der Waals surface area contributed by atoms with E-state index in [0.717, 1.165) is 12.8 Å². The number of nitrogens with one attached hydrogen (secondary N) is 1. The molecule has 0 saturated heterocycles. The maximum Gasteiger partial charge on any atom is 0.306 e. The van der Waals surface area contributed by atoms with E-state index in [1.165, 1.54) is 18.2 Å². The first-order valence-electron chi connectivity index (χ1n) is 6.45. The van der Waals surface area contributed by atoms with Crippen molar-refractivity contribution < 1.29 is 19.1 Å². The molecule has 1 saturated carbocycles. The second-order valence-electron chi connectivity index (χ2n) is 4.95. The van der Waals surface area contributed by atoms with Gasteiger partial charge in [-0.3, -0.25) is 9.59 Å². The van der Waals surface area contributed by atoms with E-state index in [1.807, 2.05) is 0 Å². The molecular weight excluding hydrogens is 285 g/mol. The van der Waals surface area contributed by atoms with Gasteiger partial charge in [0.05, 0.1) is 16.5 Å². The van der Waals surface area contributed by atoms with Gasteiger partial charge in [0.1, 0.15) is 0 Å². The van der Waals surface area contributed by atoms with Crippen molar-refractivity contribution in [1.82, 2.24) is 5.32 Å². The van der Waals surface area contributed by atoms with Crippen LogP contribution in [-0.4, -0.2) is 23.5 Å². The molecule has 0 spiro atoms. The summed E-state index contributed by atoms with van der Waals surface area (Å²) in [6, 6.07) is 4.21. The minimum absolute atomic E-state index is 0.0984. The Kier molecular flexibility index (Phi) is 4.60. The summed E-state index contributed by atoms with van der Waals surface area (Å²) in [6.07, 6.45) is 2.22. The summed E-state index contributed by atoms with van der Waals surface area (Å²) in [4.78, 5) is 22.9. The van der Waals surface area contributed by atoms with Crippen LogP contribution in [0.5, 0.6) is 0 Å². The van der Waals surface area contributed by atoms with E-state index < -0.39 is 23.6 Å². The highest BCUT2D eigenvalue weighted by Gasteiger charge is 2.33. The molecule has 0 bridgehead atoms. The minimum Gasteiger partial charge on any atom is -0.481 e. The van der Waals surface area contributed by atoms with Gasteiger partial charge in [0.2, 0.25) is 0 Å². The van der Waals surface area contributed by atoms with Crippen molar-refractivity contribution in [2.45, 2.75) is 19.3 Å². The Hall–Kier alpha value is -1.62. The number of carbonyl (C=O) groups excluding carboxylic acids is 1. The molecule has 1 aromatic carbocycles. The topological polar surface area (TPSA) is 66.4 Å². The fourth-order valence-electron chi connectivity index (χ4n) is 2.60. The number of carbonyl (C=O) groups is 2. The summed E-state index contributed by atoms with van der Waals surface area (Å²) >= 11 is 5.62. The second kappa shape index (κ2) is 6.22. The van der Waals surface area contributed by atoms with Crippen LogP contribution < -0.4 is 5.32 Å². The number of benzene rings is 1. The van der Waals surface area contributed by atoms with Crippen molar-refractivity contribution in [3.8, 4) is 0 Å². The summed E-state index contributed by atoms with van der Waals surface area (Å²) in [7, 11) is 0. The van der Waals surface area contributed by atoms with Crippen LogP contribution >= 0.6 is 11.6 Å². The zero-order chi connectivity index (χ0) is 14.7. The Morgan fingerprint density at radius 3 is 2.85 bits per heavy atom. The third kappa shape index (κ3) is 3.10. The first-order chi connectivity index (χ1) is 9.50. The Balaban J connectivity index is 1.99. The quantitative estimate of drug-likeness (QED) is 0.898. The van der Waals surface area contributed by atoms with E-state index in [2.05, 4.69) is 5.32 Å². The highest BCUT2D eigenvalue weighted by Crippen LogP contribution is 2.31. The average Bonchev–Trinajstić information content (AvgIpc) is 2.87. The Morgan fingerprint density at radius 1 is 1.40 bits per heavy atom. The van der Waals surface area contributed by atoms with Crippen LogP contribution in [0, 0.1) is 17.7 Å². The maximum atomic E-state index is 13.7. The predicted octanol–water partition coefficient (Wildman–Crippen LogP) is 2.71. The molecule has 1 aliphatic rings. The Bertz CT molecular complexity index is 535. The van der Waals surface area contributed by atoms with Gasteiger partial charge in [0, 0.05) is 6.54 Å². The fourth-order valence-corrected chi connectivity index (χ4v) is 2.78. The fraction of sp³-hybridized carbons (Fsp3) is 0.429. The van der Waals surface area contributed by atoms with Crippen molar-refractivity contribution in [2.24, 2.45) is 11.8 Å². The van der Waals surface area contributed by atoms with Gasteiger partial charge in [0.15, 0.2) is 5.82 Å². The third-order valence-electron chi connectivity index (χ3n) is 3.70. The van der Waals surface area contributed by atoms with Crippen molar-refractivity contribution in [3.05, 3.63) is 34.6 Å². The van der Waals surface area contributed by atoms with Gasteiger partial charge >= 0.3 is 5.97 Å². The number of hydrogen-bond acceptors (Lipinski definition) is 2. The highest BCUT2D eigenvalue weighted by molar-refractivity contribution is 6.31. The summed E-state index contributed by atoms with van der Waals surface area (Å²) < 4.78 is 13.7. The molecule has 2 rings (SSSR count). The smallest absolute Gasteiger partial charge is 0.306 e. The van der Waals surface area contributed by atoms with Crippen molar-refractivity contribution in [2.75, 3.05) is 6.54 Å². The van der Waals surface area contributed by atoms with Crippen LogP contribution in [0.25, 0.3) is 0 Å². The van der Waals surface area contributed by atoms with Gasteiger partial charge < -0.3 is 10.4 Å². The van der Waals surface area contributed by atoms with Crippen LogP contribution in [0.1, 0.15) is 29.6 Å². The number of carboxylic acid groups (broad SMARTS) is 1. The van der Waals surface area contributed by atoms with Gasteiger partial charge in [-0.05, 0) is 30.9 Å². The molecule has 1 fully saturated rings. The normalized spacial score (nSPS) is 21.7. The molecule has 1 aliphatic carbocycles. The van der Waals surface area contributed by atoms with E-state index >= 15 is 0 Å². The molecule has 0 aliphatic heterocycles. The lowest BCUT2D eigenvalue weighted by atomic mass is 9.96. The molecule has 20 heavy (non-hydrogen) atoms. The SMILES string of the molecule is O=C(NCC1CCCC1C(=O)O)c1cccc(Cl)c1F. The lowest BCUT2D eigenvalue weighted by Gasteiger charge is -2.16. The van der Waals surface area contributed by atoms with Crippen LogP contribution in [0.3, 0.4) is 0 Å². The van der Waals surface area contributed by atoms with Crippen molar-refractivity contribution in [1.29, 1.82) is 0 Å². The molecule has 0 radical (unpaired) electrons. The number of halogens is 2. The minimum atomic E-state index is -0.837. The Labute approximate surface area is 120 Å². The van der Waals surface area contributed by atoms with Gasteiger partial charge in [-0.2, -0.15) is 0 Å². The number of carboxylic acids is 1. The molecule has 1 aromatic rings. The van der Waals surface area contributed by atoms with Crippen LogP contribution in [0.4, 0.5) is 4.39 Å². The molecule has 2 unspecified atom stereocenters. The van der Waals surface area contributed by atoms with Crippen LogP contribution in [0.15, 0.2) is 18.2 Å². The summed E-state index contributed by atoms with van der Waals surface area (Å²) in [6.45, 7) is 0.238. The number of hydrogen-bond donors (Lipinski definition) is 2. The molecule has 0 heterocycles. The van der Waals surface area contributed by atoms with Crippen molar-refractivity contribution >= 4 is 23.5 Å². The first-order valence-corrected chi connectivity index (χ1v) is 6.83. The number of aliphatic carboxylic acids is 1. The number of amides is 1. The van der Waals surface area contributed by atoms with Crippen LogP contribution in [0.2, 0.25) is 5.02 Å². The maximum absolute atomic E-state index is 13.7. The molecular formula is C14H15ClFNO3. The standard InChI is InChI=1S/C14H15ClFNO3/c15-11-6-2-5-10(12(11)16)13(18)17-7-8-3-1-4-9(8)14(19)20/h2,5-6,8-9H,1,3-4,7H2,(H,17,18)(H,19,20). The van der Waals surface area contributed by atoms with Gasteiger partial charge in [-0.25, -0.2) is 4.39 Å². The van der Waals surface area contributed by atoms with E-state index in [4.69, 9.17) is 16.7 Å². The summed E-state index contributed by atoms with van der Waals surface area (Å²) in [5.74, 6) is -2.69. The largest absolute Gasteiger partial charge is 0.481 e. The lowest BCUT2D eigenvalue weighted by molar-refractivity contribution is -0.142. The zero-order valence-electron chi connectivity index (χ0n) is 10.7. The van der Waals surface area contributed by atoms with E-state index in [0.29, 0.717) is 6.42 Å².